The van der Waals surface area contributed by atoms with Gasteiger partial charge in [0.05, 0.1) is 5.56 Å². The van der Waals surface area contributed by atoms with Crippen LogP contribution in [0.5, 0.6) is 17.2 Å². The number of benzene rings is 2. The molecule has 0 spiro atoms. The number of hydrogen-bond acceptors (Lipinski definition) is 4. The highest BCUT2D eigenvalue weighted by Gasteiger charge is 2.15. The largest absolute Gasteiger partial charge is 0.504 e. The minimum Gasteiger partial charge on any atom is -0.504 e. The minimum atomic E-state index is -0.744. The van der Waals surface area contributed by atoms with Crippen LogP contribution in [0.4, 0.5) is 4.39 Å². The molecule has 0 aliphatic carbocycles. The zero-order valence-corrected chi connectivity index (χ0v) is 10.2. The van der Waals surface area contributed by atoms with Crippen molar-refractivity contribution in [2.24, 2.45) is 0 Å². The summed E-state index contributed by atoms with van der Waals surface area (Å²) in [4.78, 5) is 11.9. The third-order valence-electron chi connectivity index (χ3n) is 2.69. The zero-order valence-electron chi connectivity index (χ0n) is 10.2. The maximum absolute atomic E-state index is 12.7. The van der Waals surface area contributed by atoms with Gasteiger partial charge >= 0.3 is 0 Å². The van der Waals surface area contributed by atoms with Gasteiger partial charge in [-0.15, -0.1) is 0 Å². The lowest BCUT2D eigenvalue weighted by Crippen LogP contribution is -1.95. The number of carbonyl (C=O) groups is 1. The van der Waals surface area contributed by atoms with Crippen molar-refractivity contribution in [1.82, 2.24) is 0 Å². The van der Waals surface area contributed by atoms with Gasteiger partial charge in [-0.3, -0.25) is 4.79 Å². The van der Waals surface area contributed by atoms with Crippen LogP contribution in [-0.4, -0.2) is 21.1 Å². The summed E-state index contributed by atoms with van der Waals surface area (Å²) in [7, 11) is 0. The Bertz CT molecular complexity index is 675. The molecule has 0 aliphatic rings. The van der Waals surface area contributed by atoms with Crippen LogP contribution in [-0.2, 0) is 0 Å². The highest BCUT2D eigenvalue weighted by molar-refractivity contribution is 6.09. The summed E-state index contributed by atoms with van der Waals surface area (Å²) in [6.45, 7) is 0. The Labute approximate surface area is 114 Å². The molecule has 0 aromatic heterocycles. The first kappa shape index (κ1) is 13.6. The van der Waals surface area contributed by atoms with Crippen molar-refractivity contribution in [3.63, 3.8) is 0 Å². The van der Waals surface area contributed by atoms with Crippen LogP contribution in [0, 0.1) is 5.82 Å². The number of phenols is 3. The third kappa shape index (κ3) is 2.77. The Morgan fingerprint density at radius 2 is 1.60 bits per heavy atom. The predicted octanol–water partition coefficient (Wildman–Crippen LogP) is 2.84. The van der Waals surface area contributed by atoms with E-state index >= 15 is 0 Å². The summed E-state index contributed by atoms with van der Waals surface area (Å²) in [5.74, 6) is -2.87. The number of hydrogen-bond donors (Lipinski definition) is 3. The lowest BCUT2D eigenvalue weighted by molar-refractivity contribution is 0.104. The molecular weight excluding hydrogens is 263 g/mol. The van der Waals surface area contributed by atoms with Gasteiger partial charge in [0, 0.05) is 0 Å². The van der Waals surface area contributed by atoms with E-state index in [0.717, 1.165) is 6.07 Å². The summed E-state index contributed by atoms with van der Waals surface area (Å²) < 4.78 is 12.7. The SMILES string of the molecule is O=C(/C=C/c1ccc(F)cc1)c1ccc(O)c(O)c1O. The number of halogens is 1. The number of carbonyl (C=O) groups excluding carboxylic acids is 1. The van der Waals surface area contributed by atoms with Gasteiger partial charge in [-0.2, -0.15) is 0 Å². The molecule has 2 rings (SSSR count). The quantitative estimate of drug-likeness (QED) is 0.457. The van der Waals surface area contributed by atoms with Gasteiger partial charge < -0.3 is 15.3 Å². The van der Waals surface area contributed by atoms with Crippen molar-refractivity contribution in [2.45, 2.75) is 0 Å². The van der Waals surface area contributed by atoms with Gasteiger partial charge in [0.1, 0.15) is 5.82 Å². The van der Waals surface area contributed by atoms with Gasteiger partial charge in [-0.25, -0.2) is 4.39 Å². The van der Waals surface area contributed by atoms with Crippen LogP contribution >= 0.6 is 0 Å². The van der Waals surface area contributed by atoms with Crippen molar-refractivity contribution in [3.05, 3.63) is 59.4 Å². The molecule has 0 bridgehead atoms. The van der Waals surface area contributed by atoms with Crippen LogP contribution in [0.15, 0.2) is 42.5 Å². The molecule has 0 radical (unpaired) electrons. The highest BCUT2D eigenvalue weighted by Crippen LogP contribution is 2.37. The van der Waals surface area contributed by atoms with E-state index in [1.165, 1.54) is 42.5 Å². The van der Waals surface area contributed by atoms with Gasteiger partial charge in [0.15, 0.2) is 17.3 Å². The summed E-state index contributed by atoms with van der Waals surface area (Å²) in [6, 6.07) is 7.80. The Hall–Kier alpha value is -2.82. The second-order valence-electron chi connectivity index (χ2n) is 4.08. The number of ketones is 1. The van der Waals surface area contributed by atoms with Crippen LogP contribution in [0.1, 0.15) is 15.9 Å². The van der Waals surface area contributed by atoms with E-state index in [1.54, 1.807) is 0 Å². The van der Waals surface area contributed by atoms with Crippen LogP contribution in [0.3, 0.4) is 0 Å². The Morgan fingerprint density at radius 3 is 2.25 bits per heavy atom. The van der Waals surface area contributed by atoms with E-state index in [1.807, 2.05) is 0 Å². The van der Waals surface area contributed by atoms with E-state index < -0.39 is 23.0 Å². The Kier molecular flexibility index (Phi) is 3.70. The Morgan fingerprint density at radius 1 is 0.950 bits per heavy atom. The normalized spacial score (nSPS) is 10.8. The Balaban J connectivity index is 2.24. The lowest BCUT2D eigenvalue weighted by Gasteiger charge is -2.04. The fourth-order valence-corrected chi connectivity index (χ4v) is 1.60. The zero-order chi connectivity index (χ0) is 14.7. The van der Waals surface area contributed by atoms with Gasteiger partial charge in [-0.1, -0.05) is 18.2 Å². The number of phenolic OH excluding ortho intramolecular Hbond substituents is 3. The molecule has 0 unspecified atom stereocenters. The monoisotopic (exact) mass is 274 g/mol. The molecular formula is C15H11FO4. The molecule has 0 amide bonds. The molecule has 0 saturated carbocycles. The topological polar surface area (TPSA) is 77.8 Å². The van der Waals surface area contributed by atoms with E-state index in [-0.39, 0.29) is 11.4 Å². The molecule has 0 atom stereocenters. The fraction of sp³-hybridized carbons (Fsp3) is 0. The first-order chi connectivity index (χ1) is 9.49. The van der Waals surface area contributed by atoms with Crippen molar-refractivity contribution in [3.8, 4) is 17.2 Å². The number of aromatic hydroxyl groups is 3. The van der Waals surface area contributed by atoms with Crippen molar-refractivity contribution in [1.29, 1.82) is 0 Å². The molecule has 4 nitrogen and oxygen atoms in total. The average Bonchev–Trinajstić information content (AvgIpc) is 2.44. The van der Waals surface area contributed by atoms with Crippen LogP contribution < -0.4 is 0 Å². The smallest absolute Gasteiger partial charge is 0.201 e. The molecule has 0 heterocycles. The van der Waals surface area contributed by atoms with Crippen molar-refractivity contribution < 1.29 is 24.5 Å². The van der Waals surface area contributed by atoms with Gasteiger partial charge in [0.25, 0.3) is 0 Å². The lowest BCUT2D eigenvalue weighted by atomic mass is 10.1. The molecule has 102 valence electrons. The number of allylic oxidation sites excluding steroid dienone is 1. The molecule has 5 heteroatoms. The van der Waals surface area contributed by atoms with Gasteiger partial charge in [0.2, 0.25) is 5.75 Å². The van der Waals surface area contributed by atoms with Crippen LogP contribution in [0.2, 0.25) is 0 Å². The summed E-state index contributed by atoms with van der Waals surface area (Å²) in [6.07, 6.45) is 2.63. The van der Waals surface area contributed by atoms with Crippen molar-refractivity contribution in [2.75, 3.05) is 0 Å². The third-order valence-corrected chi connectivity index (χ3v) is 2.69. The second-order valence-corrected chi connectivity index (χ2v) is 4.08. The molecule has 0 fully saturated rings. The van der Waals surface area contributed by atoms with E-state index in [4.69, 9.17) is 5.11 Å². The maximum atomic E-state index is 12.7. The fourth-order valence-electron chi connectivity index (χ4n) is 1.60. The molecule has 0 aliphatic heterocycles. The van der Waals surface area contributed by atoms with Crippen LogP contribution in [0.25, 0.3) is 6.08 Å². The van der Waals surface area contributed by atoms with E-state index in [2.05, 4.69) is 0 Å². The second kappa shape index (κ2) is 5.44. The van der Waals surface area contributed by atoms with E-state index in [9.17, 15) is 19.4 Å². The standard InChI is InChI=1S/C15H11FO4/c16-10-4-1-9(2-5-10)3-7-12(17)11-6-8-13(18)15(20)14(11)19/h1-8,18-20H/b7-3+. The molecule has 2 aromatic rings. The van der Waals surface area contributed by atoms with Gasteiger partial charge in [-0.05, 0) is 35.9 Å². The maximum Gasteiger partial charge on any atom is 0.201 e. The summed E-state index contributed by atoms with van der Waals surface area (Å²) >= 11 is 0. The molecule has 20 heavy (non-hydrogen) atoms. The van der Waals surface area contributed by atoms with E-state index in [0.29, 0.717) is 5.56 Å². The molecule has 0 saturated heterocycles. The average molecular weight is 274 g/mol. The molecule has 3 N–H and O–H groups in total. The highest BCUT2D eigenvalue weighted by atomic mass is 19.1. The minimum absolute atomic E-state index is 0.140. The number of rotatable bonds is 3. The predicted molar refractivity (Wildman–Crippen MR) is 71.2 cm³/mol. The van der Waals surface area contributed by atoms with Crippen molar-refractivity contribution >= 4 is 11.9 Å². The first-order valence-electron chi connectivity index (χ1n) is 5.71. The molecule has 2 aromatic carbocycles. The summed E-state index contributed by atoms with van der Waals surface area (Å²) in [5.41, 5.74) is 0.473. The summed E-state index contributed by atoms with van der Waals surface area (Å²) in [5, 5.41) is 28.1. The first-order valence-corrected chi connectivity index (χ1v) is 5.71.